The summed E-state index contributed by atoms with van der Waals surface area (Å²) in [4.78, 5) is 161. The minimum atomic E-state index is -0.833. The van der Waals surface area contributed by atoms with Gasteiger partial charge in [-0.25, -0.2) is 14.0 Å². The lowest BCUT2D eigenvalue weighted by Crippen LogP contribution is -2.33. The molecule has 15 aromatic rings. The molecule has 9 aromatic heterocycles. The van der Waals surface area contributed by atoms with Crippen molar-refractivity contribution in [3.63, 3.8) is 0 Å². The Morgan fingerprint density at radius 1 is 0.329 bits per heavy atom. The number of hydrogen-bond donors (Lipinski definition) is 2. The Morgan fingerprint density at radius 2 is 0.545 bits per heavy atom. The number of thioether (sulfide) groups is 3. The van der Waals surface area contributed by atoms with E-state index in [0.717, 1.165) is 82.5 Å². The highest BCUT2D eigenvalue weighted by Gasteiger charge is 2.43. The number of anilines is 3. The van der Waals surface area contributed by atoms with Crippen LogP contribution in [0.5, 0.6) is 34.9 Å². The number of ether oxygens (including phenoxy) is 3. The fourth-order valence-electron chi connectivity index (χ4n) is 15.7. The maximum absolute atomic E-state index is 13.9. The van der Waals surface area contributed by atoms with E-state index < -0.39 is 46.3 Å². The molecule has 3 saturated heterocycles. The first-order valence-electron chi connectivity index (χ1n) is 44.7. The van der Waals surface area contributed by atoms with Crippen LogP contribution in [-0.4, -0.2) is 109 Å². The van der Waals surface area contributed by atoms with Gasteiger partial charge in [-0.05, 0) is 200 Å². The molecule has 6 aromatic carbocycles. The summed E-state index contributed by atoms with van der Waals surface area (Å²) in [5, 5.41) is 14.8. The molecule has 3 aliphatic heterocycles. The standard InChI is InChI=1S/3C34H31N5O4S2.2C2H4O2/c3*1-20-11-10-18-37-28(20)35-29(43-24-16-14-22(15-17-24)34(3,4)5)25(30(37)40)19-26-31(41)38(33(44)45-26)27-21(2)36(6)39(32(27)42)23-12-8-7-9-13-23;2*1-2(3)4/h3*7-19H,1-6H3;2*1H3,(H,3,4)/b3*26-19+;;. The van der Waals surface area contributed by atoms with Crippen LogP contribution in [0.2, 0.25) is 0 Å². The van der Waals surface area contributed by atoms with Crippen molar-refractivity contribution in [2.45, 2.75) is 134 Å². The molecule has 143 heavy (non-hydrogen) atoms. The molecule has 0 atom stereocenters. The van der Waals surface area contributed by atoms with Crippen molar-refractivity contribution >= 4 is 167 Å². The average Bonchev–Trinajstić information content (AvgIpc) is 1.61. The van der Waals surface area contributed by atoms with Gasteiger partial charge in [0.25, 0.3) is 63.0 Å². The van der Waals surface area contributed by atoms with Gasteiger partial charge in [0.1, 0.15) is 67.9 Å². The van der Waals surface area contributed by atoms with E-state index in [-0.39, 0.29) is 112 Å². The lowest BCUT2D eigenvalue weighted by molar-refractivity contribution is -0.135. The number of fused-ring (bicyclic) bond motifs is 3. The normalized spacial score (nSPS) is 14.2. The second-order valence-electron chi connectivity index (χ2n) is 36.5. The first kappa shape index (κ1) is 104. The number of thiocarbonyl (C=S) groups is 3. The van der Waals surface area contributed by atoms with Gasteiger partial charge in [0.2, 0.25) is 17.6 Å². The Labute approximate surface area is 849 Å². The van der Waals surface area contributed by atoms with Crippen molar-refractivity contribution in [2.24, 2.45) is 21.1 Å². The molecule has 0 unspecified atom stereocenters. The van der Waals surface area contributed by atoms with E-state index in [1.807, 2.05) is 203 Å². The number of nitrogens with zero attached hydrogens (tertiary/aromatic N) is 15. The van der Waals surface area contributed by atoms with Crippen molar-refractivity contribution < 1.29 is 48.4 Å². The molecule has 0 bridgehead atoms. The van der Waals surface area contributed by atoms with Crippen molar-refractivity contribution in [3.05, 3.63) is 363 Å². The number of aliphatic carboxylic acids is 2. The van der Waals surface area contributed by atoms with E-state index >= 15 is 0 Å². The quantitative estimate of drug-likeness (QED) is 0.0711. The Hall–Kier alpha value is -15.3. The highest BCUT2D eigenvalue weighted by atomic mass is 32.2. The van der Waals surface area contributed by atoms with Gasteiger partial charge in [-0.15, -0.1) is 0 Å². The third-order valence-electron chi connectivity index (χ3n) is 23.4. The van der Waals surface area contributed by atoms with Gasteiger partial charge in [0.05, 0.1) is 48.9 Å². The number of carboxylic acids is 2. The molecule has 0 radical (unpaired) electrons. The predicted molar refractivity (Wildman–Crippen MR) is 575 cm³/mol. The van der Waals surface area contributed by atoms with Crippen molar-refractivity contribution in [3.8, 4) is 52.0 Å². The van der Waals surface area contributed by atoms with Gasteiger partial charge < -0.3 is 24.4 Å². The monoisotopic (exact) mass is 2030 g/mol. The first-order valence-corrected chi connectivity index (χ1v) is 48.4. The molecule has 31 nitrogen and oxygen atoms in total. The molecule has 3 aliphatic rings. The number of para-hydroxylation sites is 3. The molecule has 0 aliphatic carbocycles. The van der Waals surface area contributed by atoms with E-state index in [2.05, 4.69) is 62.3 Å². The van der Waals surface area contributed by atoms with E-state index in [0.29, 0.717) is 68.3 Å². The fraction of sp³-hybridized carbons (Fsp3) is 0.217. The second-order valence-corrected chi connectivity index (χ2v) is 41.5. The van der Waals surface area contributed by atoms with Crippen LogP contribution in [-0.2, 0) is 61.4 Å². The Kier molecular flexibility index (Phi) is 30.3. The molecule has 3 fully saturated rings. The zero-order chi connectivity index (χ0) is 104. The number of pyridine rings is 3. The van der Waals surface area contributed by atoms with Crippen molar-refractivity contribution in [1.82, 2.24) is 56.2 Å². The summed E-state index contributed by atoms with van der Waals surface area (Å²) in [6.07, 6.45) is 9.24. The zero-order valence-electron chi connectivity index (χ0n) is 81.8. The lowest BCUT2D eigenvalue weighted by atomic mass is 9.87. The van der Waals surface area contributed by atoms with Crippen LogP contribution in [0.1, 0.15) is 143 Å². The van der Waals surface area contributed by atoms with Gasteiger partial charge in [-0.2, -0.15) is 15.0 Å². The zero-order valence-corrected chi connectivity index (χ0v) is 86.7. The highest BCUT2D eigenvalue weighted by molar-refractivity contribution is 8.28. The molecular weight excluding hydrogens is 1930 g/mol. The van der Waals surface area contributed by atoms with Crippen LogP contribution in [0.15, 0.2) is 262 Å². The predicted octanol–water partition coefficient (Wildman–Crippen LogP) is 19.1. The molecule has 732 valence electrons. The van der Waals surface area contributed by atoms with E-state index in [1.165, 1.54) is 60.2 Å². The summed E-state index contributed by atoms with van der Waals surface area (Å²) in [5.74, 6) is -1.52. The number of carboxylic acid groups (broad SMARTS) is 2. The molecule has 2 N–H and O–H groups in total. The average molecular weight is 2030 g/mol. The highest BCUT2D eigenvalue weighted by Crippen LogP contribution is 2.43. The minimum Gasteiger partial charge on any atom is -0.481 e. The number of aryl methyl sites for hydroxylation is 3. The smallest absolute Gasteiger partial charge is 0.300 e. The number of aromatic nitrogens is 12. The summed E-state index contributed by atoms with van der Waals surface area (Å²) in [5.41, 5.74) is 8.96. The van der Waals surface area contributed by atoms with Crippen LogP contribution in [0.3, 0.4) is 0 Å². The summed E-state index contributed by atoms with van der Waals surface area (Å²) in [7, 11) is 5.26. The van der Waals surface area contributed by atoms with Crippen molar-refractivity contribution in [2.75, 3.05) is 14.7 Å². The summed E-state index contributed by atoms with van der Waals surface area (Å²) in [6.45, 7) is 32.2. The maximum Gasteiger partial charge on any atom is 0.300 e. The van der Waals surface area contributed by atoms with Crippen molar-refractivity contribution in [1.29, 1.82) is 0 Å². The third kappa shape index (κ3) is 21.5. The van der Waals surface area contributed by atoms with Gasteiger partial charge in [0, 0.05) is 53.6 Å². The molecule has 0 saturated carbocycles. The maximum atomic E-state index is 13.9. The van der Waals surface area contributed by atoms with Crippen LogP contribution >= 0.6 is 71.9 Å². The largest absolute Gasteiger partial charge is 0.481 e. The van der Waals surface area contributed by atoms with Crippen LogP contribution < -0.4 is 62.3 Å². The van der Waals surface area contributed by atoms with Crippen LogP contribution in [0, 0.1) is 41.5 Å². The number of amides is 3. The molecule has 12 heterocycles. The van der Waals surface area contributed by atoms with Gasteiger partial charge >= 0.3 is 0 Å². The molecule has 0 spiro atoms. The molecule has 3 amide bonds. The van der Waals surface area contributed by atoms with Gasteiger partial charge in [0.15, 0.2) is 13.0 Å². The second kappa shape index (κ2) is 41.9. The Morgan fingerprint density at radius 3 is 0.755 bits per heavy atom. The summed E-state index contributed by atoms with van der Waals surface area (Å²) in [6, 6.07) is 61.2. The lowest BCUT2D eigenvalue weighted by Gasteiger charge is -2.19. The number of carbonyl (C=O) groups is 5. The number of benzene rings is 6. The number of hydrogen-bond acceptors (Lipinski definition) is 23. The first-order chi connectivity index (χ1) is 67.6. The summed E-state index contributed by atoms with van der Waals surface area (Å²) >= 11 is 19.9. The molecule has 37 heteroatoms. The Bertz CT molecular complexity index is 7440. The van der Waals surface area contributed by atoms with Crippen LogP contribution in [0.4, 0.5) is 17.1 Å². The van der Waals surface area contributed by atoms with Gasteiger partial charge in [-0.1, -0.05) is 243 Å². The number of rotatable bonds is 15. The Balaban J connectivity index is 0.000000164. The number of carbonyl (C=O) groups excluding carboxylic acids is 3. The third-order valence-corrected chi connectivity index (χ3v) is 27.3. The van der Waals surface area contributed by atoms with E-state index in [1.54, 1.807) is 92.7 Å². The topological polar surface area (TPSA) is 347 Å². The molecular formula is C106H101N15O16S6. The SMILES string of the molecule is CC(=O)O.CC(=O)O.Cc1cccn2c(=O)c(/C=C3/SC(=S)N(c4c(C)n(C)n(-c5ccccc5)c4=O)C3=O)c(Oc3ccc(C(C)(C)C)cc3)nc12.Cc1cccn2c(=O)c(/C=C3/SC(=S)N(c4c(C)n(C)n(-c5ccccc5)c4=O)C3=O)c(Oc3ccc(C(C)(C)C)cc3)nc12.Cc1cccn2c(=O)c(/C=C3/SC(=S)N(c4c(C)n(C)n(-c5ccccc5)c4=O)C3=O)c(Oc3ccc(C(C)(C)C)cc3)nc12. The van der Waals surface area contributed by atoms with E-state index in [9.17, 15) is 43.2 Å². The van der Waals surface area contributed by atoms with Gasteiger partial charge in [-0.3, -0.25) is 94.7 Å². The minimum absolute atomic E-state index is 0.0446. The van der Waals surface area contributed by atoms with E-state index in [4.69, 9.17) is 85.6 Å². The summed E-state index contributed by atoms with van der Waals surface area (Å²) < 4.78 is 33.0. The fourth-order valence-corrected chi connectivity index (χ4v) is 19.5. The van der Waals surface area contributed by atoms with Crippen LogP contribution in [0.25, 0.3) is 52.2 Å². The molecule has 18 rings (SSSR count).